The SMILES string of the molecule is Cc1ncsc1-c1ccc(C(C)NC(=O)C2CC(O)CN2C(=O)C(NC(=O)COCCOCCOCCOCCN2CCN(S(=O)(=O)c3ccc(NC(=O)NCc4cccnc4)cc3)CC2)C(C)(C)C)cc1. The Morgan fingerprint density at radius 1 is 0.861 bits per heavy atom. The molecule has 4 atom stereocenters. The topological polar surface area (TPSA) is 243 Å². The molecule has 2 saturated heterocycles. The molecular weight excluding hydrogens is 967 g/mol. The van der Waals surface area contributed by atoms with E-state index in [1.54, 1.807) is 41.9 Å². The number of likely N-dealkylation sites (tertiary alicyclic amines) is 1. The van der Waals surface area contributed by atoms with Gasteiger partial charge in [-0.1, -0.05) is 51.1 Å². The van der Waals surface area contributed by atoms with Crippen molar-refractivity contribution in [3.63, 3.8) is 0 Å². The number of benzene rings is 2. The van der Waals surface area contributed by atoms with Crippen LogP contribution in [0.3, 0.4) is 0 Å². The Bertz CT molecular complexity index is 2470. The number of rotatable bonds is 25. The minimum absolute atomic E-state index is 0.0321. The second-order valence-corrected chi connectivity index (χ2v) is 21.5. The number of carbonyl (C=O) groups excluding carboxylic acids is 4. The summed E-state index contributed by atoms with van der Waals surface area (Å²) in [6, 6.07) is 15.0. The number of hydrogen-bond donors (Lipinski definition) is 5. The van der Waals surface area contributed by atoms with Crippen LogP contribution in [0.4, 0.5) is 10.5 Å². The van der Waals surface area contributed by atoms with Gasteiger partial charge in [0.25, 0.3) is 0 Å². The lowest BCUT2D eigenvalue weighted by Gasteiger charge is -2.35. The van der Waals surface area contributed by atoms with E-state index < -0.39 is 51.5 Å². The third-order valence-corrected chi connectivity index (χ3v) is 15.1. The Balaban J connectivity index is 0.787. The molecule has 20 nitrogen and oxygen atoms in total. The van der Waals surface area contributed by atoms with Crippen LogP contribution >= 0.6 is 11.3 Å². The lowest BCUT2D eigenvalue weighted by atomic mass is 9.85. The van der Waals surface area contributed by atoms with Crippen molar-refractivity contribution in [1.29, 1.82) is 0 Å². The number of nitrogens with zero attached hydrogens (tertiary/aromatic N) is 5. The van der Waals surface area contributed by atoms with E-state index in [2.05, 4.69) is 36.1 Å². The van der Waals surface area contributed by atoms with E-state index in [1.807, 2.05) is 70.5 Å². The second-order valence-electron chi connectivity index (χ2n) is 18.7. The first-order chi connectivity index (χ1) is 34.5. The number of thiazole rings is 1. The molecule has 5 N–H and O–H groups in total. The number of urea groups is 1. The lowest BCUT2D eigenvalue weighted by molar-refractivity contribution is -0.144. The molecule has 0 aliphatic carbocycles. The van der Waals surface area contributed by atoms with Crippen LogP contribution in [0, 0.1) is 12.3 Å². The predicted molar refractivity (Wildman–Crippen MR) is 271 cm³/mol. The van der Waals surface area contributed by atoms with Crippen LogP contribution in [-0.4, -0.2) is 172 Å². The number of aliphatic hydroxyl groups is 1. The van der Waals surface area contributed by atoms with Crippen LogP contribution in [0.5, 0.6) is 0 Å². The van der Waals surface area contributed by atoms with Gasteiger partial charge in [0, 0.05) is 70.3 Å². The molecule has 2 aromatic carbocycles. The number of aryl methyl sites for hydroxylation is 1. The van der Waals surface area contributed by atoms with Crippen molar-refractivity contribution in [1.82, 2.24) is 40.0 Å². The first-order valence-corrected chi connectivity index (χ1v) is 26.5. The number of nitrogens with one attached hydrogen (secondary N) is 4. The van der Waals surface area contributed by atoms with E-state index in [1.165, 1.54) is 21.3 Å². The van der Waals surface area contributed by atoms with Crippen LogP contribution in [0.25, 0.3) is 10.4 Å². The molecule has 392 valence electrons. The number of pyridine rings is 1. The van der Waals surface area contributed by atoms with Crippen molar-refractivity contribution in [3.05, 3.63) is 95.4 Å². The van der Waals surface area contributed by atoms with Gasteiger partial charge in [-0.25, -0.2) is 18.2 Å². The third kappa shape index (κ3) is 16.5. The van der Waals surface area contributed by atoms with E-state index in [9.17, 15) is 32.7 Å². The molecule has 4 heterocycles. The fraction of sp³-hybridized carbons (Fsp3) is 0.520. The van der Waals surface area contributed by atoms with E-state index in [4.69, 9.17) is 18.9 Å². The number of aliphatic hydroxyl groups excluding tert-OH is 1. The number of sulfonamides is 1. The Kier molecular flexibility index (Phi) is 21.0. The largest absolute Gasteiger partial charge is 0.391 e. The number of piperazine rings is 1. The average Bonchev–Trinajstić information content (AvgIpc) is 3.99. The smallest absolute Gasteiger partial charge is 0.319 e. The molecule has 0 saturated carbocycles. The third-order valence-electron chi connectivity index (χ3n) is 12.2. The number of aromatic nitrogens is 2. The highest BCUT2D eigenvalue weighted by Crippen LogP contribution is 2.30. The van der Waals surface area contributed by atoms with E-state index in [-0.39, 0.29) is 49.6 Å². The van der Waals surface area contributed by atoms with Crippen molar-refractivity contribution >= 4 is 50.8 Å². The molecule has 2 aliphatic heterocycles. The van der Waals surface area contributed by atoms with Gasteiger partial charge in [-0.3, -0.25) is 24.3 Å². The lowest BCUT2D eigenvalue weighted by Crippen LogP contribution is -2.58. The van der Waals surface area contributed by atoms with Crippen molar-refractivity contribution < 1.29 is 51.6 Å². The summed E-state index contributed by atoms with van der Waals surface area (Å²) in [4.78, 5) is 66.0. The molecule has 2 aromatic heterocycles. The number of ether oxygens (including phenoxy) is 4. The molecule has 4 aromatic rings. The van der Waals surface area contributed by atoms with Crippen LogP contribution in [0.2, 0.25) is 0 Å². The maximum absolute atomic E-state index is 14.0. The van der Waals surface area contributed by atoms with Gasteiger partial charge >= 0.3 is 6.03 Å². The molecule has 0 spiro atoms. The summed E-state index contributed by atoms with van der Waals surface area (Å²) >= 11 is 1.57. The summed E-state index contributed by atoms with van der Waals surface area (Å²) in [5.74, 6) is -1.34. The quantitative estimate of drug-likeness (QED) is 0.0597. The Hall–Kier alpha value is -5.43. The van der Waals surface area contributed by atoms with Crippen LogP contribution in [-0.2, 0) is 49.9 Å². The maximum Gasteiger partial charge on any atom is 0.319 e. The molecule has 2 aliphatic rings. The van der Waals surface area contributed by atoms with E-state index >= 15 is 0 Å². The number of carbonyl (C=O) groups is 4. The molecule has 2 fully saturated rings. The van der Waals surface area contributed by atoms with Gasteiger partial charge in [-0.15, -0.1) is 11.3 Å². The summed E-state index contributed by atoms with van der Waals surface area (Å²) in [5.41, 5.74) is 5.30. The fourth-order valence-electron chi connectivity index (χ4n) is 8.15. The van der Waals surface area contributed by atoms with Crippen LogP contribution in [0.1, 0.15) is 57.0 Å². The normalized spacial score (nSPS) is 17.6. The fourth-order valence-corrected chi connectivity index (χ4v) is 10.4. The highest BCUT2D eigenvalue weighted by atomic mass is 32.2. The zero-order valence-corrected chi connectivity index (χ0v) is 43.3. The Morgan fingerprint density at radius 2 is 1.51 bits per heavy atom. The first-order valence-electron chi connectivity index (χ1n) is 24.2. The summed E-state index contributed by atoms with van der Waals surface area (Å²) in [7, 11) is -3.70. The van der Waals surface area contributed by atoms with Crippen molar-refractivity contribution in [2.24, 2.45) is 5.41 Å². The van der Waals surface area contributed by atoms with E-state index in [0.717, 1.165) is 27.3 Å². The van der Waals surface area contributed by atoms with Crippen molar-refractivity contribution in [2.45, 2.75) is 76.7 Å². The molecular formula is C50H69N9O11S2. The zero-order chi connectivity index (χ0) is 51.7. The summed E-state index contributed by atoms with van der Waals surface area (Å²) in [6.45, 7) is 14.0. The van der Waals surface area contributed by atoms with Crippen molar-refractivity contribution in [2.75, 3.05) is 97.4 Å². The minimum atomic E-state index is -3.70. The standard InChI is InChI=1S/C50H69N9O11S2/c1-35(38-8-10-39(11-9-38)45-36(2)53-34-71-45)54-47(62)43-29-41(60)32-59(43)48(63)46(50(3,4)5)56-44(61)33-70-28-27-69-26-25-68-24-23-67-22-21-57-17-19-58(20-18-57)72(65,66)42-14-12-40(13-15-42)55-49(64)52-31-37-7-6-16-51-30-37/h6-16,30,34-35,41,43,46,60H,17-29,31-33H2,1-5H3,(H,54,62)(H,56,61)(H2,52,55,64). The second kappa shape index (κ2) is 27.0. The zero-order valence-electron chi connectivity index (χ0n) is 41.7. The summed E-state index contributed by atoms with van der Waals surface area (Å²) in [5, 5.41) is 21.9. The number of amides is 5. The Labute approximate surface area is 426 Å². The van der Waals surface area contributed by atoms with Gasteiger partial charge in [-0.05, 0) is 66.3 Å². The van der Waals surface area contributed by atoms with Crippen LogP contribution < -0.4 is 21.3 Å². The monoisotopic (exact) mass is 1040 g/mol. The predicted octanol–water partition coefficient (Wildman–Crippen LogP) is 3.58. The summed E-state index contributed by atoms with van der Waals surface area (Å²) < 4.78 is 50.5. The molecule has 6 rings (SSSR count). The van der Waals surface area contributed by atoms with E-state index in [0.29, 0.717) is 78.0 Å². The molecule has 0 radical (unpaired) electrons. The van der Waals surface area contributed by atoms with Gasteiger partial charge in [0.2, 0.25) is 27.7 Å². The summed E-state index contributed by atoms with van der Waals surface area (Å²) in [6.07, 6.45) is 2.51. The molecule has 72 heavy (non-hydrogen) atoms. The Morgan fingerprint density at radius 3 is 2.12 bits per heavy atom. The van der Waals surface area contributed by atoms with Gasteiger partial charge < -0.3 is 50.2 Å². The molecule has 0 bridgehead atoms. The van der Waals surface area contributed by atoms with Gasteiger partial charge in [0.05, 0.1) is 79.4 Å². The molecule has 4 unspecified atom stereocenters. The first kappa shape index (κ1) is 55.9. The number of hydrogen-bond acceptors (Lipinski definition) is 15. The number of anilines is 1. The molecule has 22 heteroatoms. The maximum atomic E-state index is 14.0. The highest BCUT2D eigenvalue weighted by molar-refractivity contribution is 7.89. The average molecular weight is 1040 g/mol. The van der Waals surface area contributed by atoms with Gasteiger partial charge in [0.15, 0.2) is 0 Å². The number of β-amino-alcohol motifs (C(OH)–C–C–N with tert-alkyl or cyclic N) is 1. The highest BCUT2D eigenvalue weighted by Gasteiger charge is 2.44. The minimum Gasteiger partial charge on any atom is -0.391 e. The van der Waals surface area contributed by atoms with Crippen LogP contribution in [0.15, 0.2) is 83.5 Å². The molecule has 5 amide bonds. The van der Waals surface area contributed by atoms with Gasteiger partial charge in [0.1, 0.15) is 18.7 Å². The van der Waals surface area contributed by atoms with Gasteiger partial charge in [-0.2, -0.15) is 4.31 Å². The van der Waals surface area contributed by atoms with Crippen molar-refractivity contribution in [3.8, 4) is 10.4 Å².